The average Bonchev–Trinajstić information content (AvgIpc) is 3.01. The van der Waals surface area contributed by atoms with Gasteiger partial charge in [-0.3, -0.25) is 0 Å². The van der Waals surface area contributed by atoms with Gasteiger partial charge in [-0.2, -0.15) is 0 Å². The van der Waals surface area contributed by atoms with Crippen LogP contribution in [0.1, 0.15) is 45.7 Å². The van der Waals surface area contributed by atoms with Gasteiger partial charge in [-0.1, -0.05) is 60.7 Å². The zero-order valence-electron chi connectivity index (χ0n) is 20.0. The predicted molar refractivity (Wildman–Crippen MR) is 127 cm³/mol. The lowest BCUT2D eigenvalue weighted by Gasteiger charge is -2.28. The highest BCUT2D eigenvalue weighted by atomic mass is 16.8. The highest BCUT2D eigenvalue weighted by molar-refractivity contribution is 5.68. The van der Waals surface area contributed by atoms with Crippen LogP contribution in [0.15, 0.2) is 60.7 Å². The number of amides is 1. The molecule has 1 N–H and O–H groups in total. The van der Waals surface area contributed by atoms with Crippen LogP contribution in [0.4, 0.5) is 4.79 Å². The lowest BCUT2D eigenvalue weighted by molar-refractivity contribution is -0.473. The number of hydrogen-bond acceptors (Lipinski definition) is 5. The van der Waals surface area contributed by atoms with E-state index in [1.165, 1.54) is 6.21 Å². The molecule has 1 saturated heterocycles. The fraction of sp³-hybridized carbons (Fsp3) is 0.462. The molecule has 0 spiro atoms. The van der Waals surface area contributed by atoms with Crippen molar-refractivity contribution in [1.29, 1.82) is 0 Å². The van der Waals surface area contributed by atoms with Gasteiger partial charge in [-0.25, -0.2) is 9.53 Å². The van der Waals surface area contributed by atoms with Crippen LogP contribution in [-0.4, -0.2) is 46.7 Å². The molecule has 1 amide bonds. The first-order valence-corrected chi connectivity index (χ1v) is 11.2. The Balaban J connectivity index is 1.84. The number of nitrogens with zero attached hydrogens (tertiary/aromatic N) is 1. The quantitative estimate of drug-likeness (QED) is 0.290. The summed E-state index contributed by atoms with van der Waals surface area (Å²) in [7, 11) is 0. The van der Waals surface area contributed by atoms with Crippen LogP contribution in [-0.2, 0) is 27.2 Å². The van der Waals surface area contributed by atoms with Gasteiger partial charge in [0.2, 0.25) is 0 Å². The molecule has 1 aliphatic heterocycles. The highest BCUT2D eigenvalue weighted by Crippen LogP contribution is 2.30. The summed E-state index contributed by atoms with van der Waals surface area (Å²) >= 11 is 0. The van der Waals surface area contributed by atoms with E-state index < -0.39 is 35.7 Å². The molecule has 0 bridgehead atoms. The molecule has 1 fully saturated rings. The summed E-state index contributed by atoms with van der Waals surface area (Å²) in [5.74, 6) is -0.913. The molecule has 7 heteroatoms. The number of alkyl carbamates (subject to hydrolysis) is 1. The van der Waals surface area contributed by atoms with E-state index in [4.69, 9.17) is 14.2 Å². The molecule has 2 aromatic carbocycles. The Labute approximate surface area is 195 Å². The van der Waals surface area contributed by atoms with Gasteiger partial charge in [0.05, 0.1) is 6.04 Å². The minimum atomic E-state index is -0.913. The Morgan fingerprint density at radius 2 is 1.67 bits per heavy atom. The molecule has 33 heavy (non-hydrogen) atoms. The van der Waals surface area contributed by atoms with E-state index in [0.717, 1.165) is 15.9 Å². The van der Waals surface area contributed by atoms with Crippen LogP contribution >= 0.6 is 0 Å². The second-order valence-corrected chi connectivity index (χ2v) is 9.72. The number of carbonyl (C=O) groups excluding carboxylic acids is 1. The van der Waals surface area contributed by atoms with Crippen molar-refractivity contribution in [2.45, 2.75) is 77.2 Å². The number of nitrogens with one attached hydrogen (secondary N) is 1. The van der Waals surface area contributed by atoms with E-state index >= 15 is 0 Å². The van der Waals surface area contributed by atoms with Crippen LogP contribution < -0.4 is 5.32 Å². The number of carbonyl (C=O) groups is 1. The van der Waals surface area contributed by atoms with Crippen LogP contribution in [0.2, 0.25) is 0 Å². The van der Waals surface area contributed by atoms with E-state index in [1.54, 1.807) is 13.8 Å². The molecule has 0 radical (unpaired) electrons. The zero-order valence-corrected chi connectivity index (χ0v) is 20.0. The summed E-state index contributed by atoms with van der Waals surface area (Å²) in [6, 6.07) is 18.8. The van der Waals surface area contributed by atoms with Crippen molar-refractivity contribution < 1.29 is 23.7 Å². The fourth-order valence-corrected chi connectivity index (χ4v) is 3.80. The number of ether oxygens (including phenoxy) is 3. The molecule has 0 unspecified atom stereocenters. The van der Waals surface area contributed by atoms with E-state index in [2.05, 4.69) is 5.32 Å². The number of benzene rings is 2. The van der Waals surface area contributed by atoms with Gasteiger partial charge in [-0.05, 0) is 46.6 Å². The Morgan fingerprint density at radius 3 is 2.24 bits per heavy atom. The second kappa shape index (κ2) is 10.4. The Kier molecular flexibility index (Phi) is 7.76. The maximum atomic E-state index is 12.7. The molecule has 178 valence electrons. The maximum Gasteiger partial charge on any atom is 0.407 e. The first kappa shape index (κ1) is 24.7. The zero-order chi connectivity index (χ0) is 24.1. The number of hydrogen-bond donors (Lipinski definition) is 1. The normalized spacial score (nSPS) is 21.4. The molecule has 0 saturated carbocycles. The Hall–Kier alpha value is -2.90. The SMILES string of the molecule is CC(C)(C)OC(=O)N[C@@H](Cc1ccccc1)[C@@H]1OC(C)(C)O[C@H]1/C=[N+](\[O-])Cc1ccccc1. The monoisotopic (exact) mass is 454 g/mol. The fourth-order valence-electron chi connectivity index (χ4n) is 3.80. The Morgan fingerprint density at radius 1 is 1.09 bits per heavy atom. The summed E-state index contributed by atoms with van der Waals surface area (Å²) < 4.78 is 18.6. The van der Waals surface area contributed by atoms with E-state index in [0.29, 0.717) is 6.42 Å². The van der Waals surface area contributed by atoms with Crippen molar-refractivity contribution in [2.75, 3.05) is 0 Å². The third-order valence-electron chi connectivity index (χ3n) is 5.06. The predicted octanol–water partition coefficient (Wildman–Crippen LogP) is 4.42. The van der Waals surface area contributed by atoms with Crippen molar-refractivity contribution in [1.82, 2.24) is 5.32 Å². The molecule has 3 atom stereocenters. The van der Waals surface area contributed by atoms with Crippen molar-refractivity contribution >= 4 is 12.3 Å². The second-order valence-electron chi connectivity index (χ2n) is 9.72. The van der Waals surface area contributed by atoms with E-state index in [-0.39, 0.29) is 6.54 Å². The molecule has 2 aromatic rings. The molecular weight excluding hydrogens is 420 g/mol. The molecule has 3 rings (SSSR count). The number of hydroxylamine groups is 1. The summed E-state index contributed by atoms with van der Waals surface area (Å²) in [6.45, 7) is 9.22. The van der Waals surface area contributed by atoms with Gasteiger partial charge >= 0.3 is 6.09 Å². The van der Waals surface area contributed by atoms with Gasteiger partial charge in [0.15, 0.2) is 24.7 Å². The van der Waals surface area contributed by atoms with Crippen molar-refractivity contribution in [3.63, 3.8) is 0 Å². The highest BCUT2D eigenvalue weighted by Gasteiger charge is 2.47. The van der Waals surface area contributed by atoms with Gasteiger partial charge in [0, 0.05) is 5.56 Å². The lowest BCUT2D eigenvalue weighted by Crippen LogP contribution is -2.51. The molecule has 1 heterocycles. The van der Waals surface area contributed by atoms with Crippen LogP contribution in [0, 0.1) is 5.21 Å². The Bertz CT molecular complexity index is 938. The average molecular weight is 455 g/mol. The summed E-state index contributed by atoms with van der Waals surface area (Å²) in [5, 5.41) is 15.7. The van der Waals surface area contributed by atoms with Crippen LogP contribution in [0.25, 0.3) is 0 Å². The summed E-state index contributed by atoms with van der Waals surface area (Å²) in [4.78, 5) is 12.6. The van der Waals surface area contributed by atoms with Gasteiger partial charge in [0.1, 0.15) is 11.7 Å². The molecule has 0 aliphatic carbocycles. The molecular formula is C26H34N2O5. The first-order valence-electron chi connectivity index (χ1n) is 11.2. The maximum absolute atomic E-state index is 12.7. The standard InChI is InChI=1S/C26H34N2O5/c1-25(2,3)33-24(29)27-21(16-19-12-8-6-9-13-19)23-22(31-26(4,5)32-23)18-28(30)17-20-14-10-7-11-15-20/h6-15,18,21-23H,16-17H2,1-5H3,(H,27,29)/b28-18-/t21-,22-,23-/m0/s1. The summed E-state index contributed by atoms with van der Waals surface area (Å²) in [6.07, 6.45) is 0.205. The van der Waals surface area contributed by atoms with Gasteiger partial charge in [-0.15, -0.1) is 0 Å². The lowest BCUT2D eigenvalue weighted by atomic mass is 9.98. The molecule has 7 nitrogen and oxygen atoms in total. The van der Waals surface area contributed by atoms with Crippen molar-refractivity contribution in [3.05, 3.63) is 77.0 Å². The van der Waals surface area contributed by atoms with Crippen LogP contribution in [0.3, 0.4) is 0 Å². The third-order valence-corrected chi connectivity index (χ3v) is 5.06. The largest absolute Gasteiger partial charge is 0.624 e. The third kappa shape index (κ3) is 7.87. The van der Waals surface area contributed by atoms with E-state index in [1.807, 2.05) is 81.4 Å². The molecule has 1 aliphatic rings. The topological polar surface area (TPSA) is 82.9 Å². The van der Waals surface area contributed by atoms with Gasteiger partial charge < -0.3 is 24.7 Å². The summed E-state index contributed by atoms with van der Waals surface area (Å²) in [5.41, 5.74) is 1.28. The van der Waals surface area contributed by atoms with E-state index in [9.17, 15) is 10.0 Å². The minimum absolute atomic E-state index is 0.191. The molecule has 0 aromatic heterocycles. The van der Waals surface area contributed by atoms with Crippen molar-refractivity contribution in [3.8, 4) is 0 Å². The van der Waals surface area contributed by atoms with Crippen LogP contribution in [0.5, 0.6) is 0 Å². The van der Waals surface area contributed by atoms with Gasteiger partial charge in [0.25, 0.3) is 0 Å². The smallest absolute Gasteiger partial charge is 0.407 e. The number of rotatable bonds is 7. The van der Waals surface area contributed by atoms with Crippen molar-refractivity contribution in [2.24, 2.45) is 0 Å². The first-order chi connectivity index (χ1) is 15.5. The minimum Gasteiger partial charge on any atom is -0.624 e.